The van der Waals surface area contributed by atoms with Crippen molar-refractivity contribution in [1.82, 2.24) is 0 Å². The maximum absolute atomic E-state index is 11.3. The van der Waals surface area contributed by atoms with Crippen LogP contribution in [0.2, 0.25) is 0 Å². The van der Waals surface area contributed by atoms with Crippen molar-refractivity contribution in [3.05, 3.63) is 0 Å². The predicted molar refractivity (Wildman–Crippen MR) is 48.9 cm³/mol. The fourth-order valence-corrected chi connectivity index (χ4v) is 2.80. The van der Waals surface area contributed by atoms with Gasteiger partial charge in [-0.1, -0.05) is 19.8 Å². The first-order valence-corrected chi connectivity index (χ1v) is 5.28. The fraction of sp³-hybridized carbons (Fsp3) is 0.909. The topological polar surface area (TPSA) is 17.1 Å². The summed E-state index contributed by atoms with van der Waals surface area (Å²) in [5, 5.41) is 0. The third-order valence-electron chi connectivity index (χ3n) is 3.71. The summed E-state index contributed by atoms with van der Waals surface area (Å²) in [6, 6.07) is 0. The summed E-state index contributed by atoms with van der Waals surface area (Å²) in [6.07, 6.45) is 8.27. The molecule has 0 aromatic carbocycles. The lowest BCUT2D eigenvalue weighted by Gasteiger charge is -2.20. The predicted octanol–water partition coefficient (Wildman–Crippen LogP) is 2.94. The van der Waals surface area contributed by atoms with Gasteiger partial charge in [0.15, 0.2) is 0 Å². The van der Waals surface area contributed by atoms with Crippen LogP contribution in [-0.2, 0) is 4.79 Å². The maximum atomic E-state index is 11.3. The van der Waals surface area contributed by atoms with E-state index in [1.807, 2.05) is 0 Å². The van der Waals surface area contributed by atoms with Gasteiger partial charge in [-0.05, 0) is 30.6 Å². The lowest BCUT2D eigenvalue weighted by Crippen LogP contribution is -2.17. The van der Waals surface area contributed by atoms with Gasteiger partial charge in [0.2, 0.25) is 0 Å². The minimum atomic E-state index is 0.519. The van der Waals surface area contributed by atoms with E-state index < -0.39 is 0 Å². The first-order chi connectivity index (χ1) is 5.77. The summed E-state index contributed by atoms with van der Waals surface area (Å²) >= 11 is 0. The van der Waals surface area contributed by atoms with E-state index in [4.69, 9.17) is 0 Å². The van der Waals surface area contributed by atoms with Crippen LogP contribution in [0, 0.1) is 11.3 Å². The van der Waals surface area contributed by atoms with Gasteiger partial charge in [-0.25, -0.2) is 0 Å². The molecular weight excluding hydrogens is 148 g/mol. The van der Waals surface area contributed by atoms with Gasteiger partial charge in [-0.2, -0.15) is 0 Å². The second kappa shape index (κ2) is 2.86. The Labute approximate surface area is 74.5 Å². The van der Waals surface area contributed by atoms with E-state index in [0.29, 0.717) is 11.2 Å². The van der Waals surface area contributed by atoms with Gasteiger partial charge in [-0.15, -0.1) is 0 Å². The molecule has 2 saturated carbocycles. The van der Waals surface area contributed by atoms with Crippen LogP contribution in [0.5, 0.6) is 0 Å². The lowest BCUT2D eigenvalue weighted by molar-refractivity contribution is -0.121. The van der Waals surface area contributed by atoms with Crippen molar-refractivity contribution >= 4 is 5.78 Å². The molecule has 0 aromatic rings. The quantitative estimate of drug-likeness (QED) is 0.630. The number of ketones is 1. The molecular formula is C11H18O. The first-order valence-electron chi connectivity index (χ1n) is 5.28. The van der Waals surface area contributed by atoms with E-state index in [1.54, 1.807) is 0 Å². The second-order valence-electron chi connectivity index (χ2n) is 4.62. The highest BCUT2D eigenvalue weighted by molar-refractivity contribution is 5.80. The van der Waals surface area contributed by atoms with E-state index in [9.17, 15) is 4.79 Å². The number of carbonyl (C=O) groups is 1. The summed E-state index contributed by atoms with van der Waals surface area (Å²) in [5.74, 6) is 1.46. The average molecular weight is 166 g/mol. The Morgan fingerprint density at radius 1 is 1.58 bits per heavy atom. The van der Waals surface area contributed by atoms with Crippen LogP contribution in [0.1, 0.15) is 51.9 Å². The van der Waals surface area contributed by atoms with Crippen molar-refractivity contribution in [2.24, 2.45) is 11.3 Å². The van der Waals surface area contributed by atoms with Crippen molar-refractivity contribution < 1.29 is 4.79 Å². The van der Waals surface area contributed by atoms with Gasteiger partial charge in [-0.3, -0.25) is 4.79 Å². The van der Waals surface area contributed by atoms with Gasteiger partial charge >= 0.3 is 0 Å². The normalized spacial score (nSPS) is 39.4. The minimum Gasteiger partial charge on any atom is -0.300 e. The highest BCUT2D eigenvalue weighted by atomic mass is 16.1. The number of unbranched alkanes of at least 4 members (excludes halogenated alkanes) is 1. The molecule has 0 unspecified atom stereocenters. The summed E-state index contributed by atoms with van der Waals surface area (Å²) in [7, 11) is 0. The zero-order valence-corrected chi connectivity index (χ0v) is 7.94. The highest BCUT2D eigenvalue weighted by Crippen LogP contribution is 2.63. The molecule has 0 aliphatic heterocycles. The standard InChI is InChI=1S/C11H18O/c1-2-3-6-11-7-9(11)4-5-10(12)8-11/h9H,2-8H2,1H3/t9-,11-/m0/s1. The van der Waals surface area contributed by atoms with Crippen LogP contribution in [0.15, 0.2) is 0 Å². The van der Waals surface area contributed by atoms with Gasteiger partial charge in [0.05, 0.1) is 0 Å². The first kappa shape index (κ1) is 8.28. The summed E-state index contributed by atoms with van der Waals surface area (Å²) in [5.41, 5.74) is 0.519. The molecule has 2 atom stereocenters. The van der Waals surface area contributed by atoms with Crippen LogP contribution in [0.3, 0.4) is 0 Å². The van der Waals surface area contributed by atoms with E-state index in [2.05, 4.69) is 6.92 Å². The maximum Gasteiger partial charge on any atom is 0.133 e. The van der Waals surface area contributed by atoms with Gasteiger partial charge in [0, 0.05) is 12.8 Å². The van der Waals surface area contributed by atoms with Gasteiger partial charge in [0.1, 0.15) is 5.78 Å². The molecule has 2 rings (SSSR count). The number of carbonyl (C=O) groups excluding carboxylic acids is 1. The number of hydrogen-bond acceptors (Lipinski definition) is 1. The third kappa shape index (κ3) is 1.30. The smallest absolute Gasteiger partial charge is 0.133 e. The van der Waals surface area contributed by atoms with Crippen molar-refractivity contribution in [2.75, 3.05) is 0 Å². The molecule has 1 heteroatoms. The van der Waals surface area contributed by atoms with E-state index in [-0.39, 0.29) is 0 Å². The van der Waals surface area contributed by atoms with Gasteiger partial charge < -0.3 is 0 Å². The van der Waals surface area contributed by atoms with Crippen molar-refractivity contribution in [2.45, 2.75) is 51.9 Å². The Bertz CT molecular complexity index is 197. The second-order valence-corrected chi connectivity index (χ2v) is 4.62. The van der Waals surface area contributed by atoms with E-state index in [1.165, 1.54) is 32.1 Å². The van der Waals surface area contributed by atoms with Crippen molar-refractivity contribution in [3.8, 4) is 0 Å². The van der Waals surface area contributed by atoms with Gasteiger partial charge in [0.25, 0.3) is 0 Å². The van der Waals surface area contributed by atoms with E-state index >= 15 is 0 Å². The van der Waals surface area contributed by atoms with Crippen LogP contribution < -0.4 is 0 Å². The molecule has 2 fully saturated rings. The fourth-order valence-electron chi connectivity index (χ4n) is 2.80. The molecule has 1 nitrogen and oxygen atoms in total. The largest absolute Gasteiger partial charge is 0.300 e. The third-order valence-corrected chi connectivity index (χ3v) is 3.71. The summed E-state index contributed by atoms with van der Waals surface area (Å²) < 4.78 is 0. The molecule has 0 N–H and O–H groups in total. The van der Waals surface area contributed by atoms with Crippen LogP contribution >= 0.6 is 0 Å². The molecule has 0 heterocycles. The van der Waals surface area contributed by atoms with Crippen molar-refractivity contribution in [1.29, 1.82) is 0 Å². The average Bonchev–Trinajstić information content (AvgIpc) is 2.75. The minimum absolute atomic E-state index is 0.519. The summed E-state index contributed by atoms with van der Waals surface area (Å²) in [4.78, 5) is 11.3. The molecule has 68 valence electrons. The molecule has 2 aliphatic rings. The van der Waals surface area contributed by atoms with Crippen molar-refractivity contribution in [3.63, 3.8) is 0 Å². The molecule has 0 spiro atoms. The number of rotatable bonds is 3. The summed E-state index contributed by atoms with van der Waals surface area (Å²) in [6.45, 7) is 2.23. The molecule has 12 heavy (non-hydrogen) atoms. The Kier molecular flexibility index (Phi) is 1.97. The SMILES string of the molecule is CCCC[C@]12CC(=O)CC[C@H]1C2. The van der Waals surface area contributed by atoms with Crippen LogP contribution in [-0.4, -0.2) is 5.78 Å². The highest BCUT2D eigenvalue weighted by Gasteiger charge is 2.55. The molecule has 2 aliphatic carbocycles. The molecule has 0 bridgehead atoms. The molecule has 0 amide bonds. The van der Waals surface area contributed by atoms with Crippen LogP contribution in [0.25, 0.3) is 0 Å². The Morgan fingerprint density at radius 2 is 2.42 bits per heavy atom. The monoisotopic (exact) mass is 166 g/mol. The zero-order chi connectivity index (χ0) is 8.60. The number of Topliss-reactive ketones (excluding diaryl/α,β-unsaturated/α-hetero) is 1. The Hall–Kier alpha value is -0.330. The molecule has 0 aromatic heterocycles. The lowest BCUT2D eigenvalue weighted by atomic mass is 9.84. The molecule has 0 saturated heterocycles. The van der Waals surface area contributed by atoms with Crippen LogP contribution in [0.4, 0.5) is 0 Å². The Morgan fingerprint density at radius 3 is 3.17 bits per heavy atom. The molecule has 0 radical (unpaired) electrons. The Balaban J connectivity index is 1.91. The van der Waals surface area contributed by atoms with E-state index in [0.717, 1.165) is 18.8 Å². The number of fused-ring (bicyclic) bond motifs is 1. The zero-order valence-electron chi connectivity index (χ0n) is 7.94. The number of hydrogen-bond donors (Lipinski definition) is 0.